The van der Waals surface area contributed by atoms with Crippen molar-refractivity contribution >= 4 is 23.7 Å². The minimum absolute atomic E-state index is 0.147. The van der Waals surface area contributed by atoms with Gasteiger partial charge in [0.05, 0.1) is 12.6 Å². The minimum atomic E-state index is -0.921. The largest absolute Gasteiger partial charge is 0.436 e. The van der Waals surface area contributed by atoms with Crippen LogP contribution in [0.4, 0.5) is 4.79 Å². The number of hydrogen-bond donors (Lipinski definition) is 2. The number of hydrogen-bond acceptors (Lipinski definition) is 5. The molecule has 3 amide bonds. The van der Waals surface area contributed by atoms with Gasteiger partial charge in [-0.25, -0.2) is 4.79 Å². The Morgan fingerprint density at radius 1 is 1.07 bits per heavy atom. The predicted molar refractivity (Wildman–Crippen MR) is 109 cm³/mol. The Balaban J connectivity index is 2.68. The van der Waals surface area contributed by atoms with Gasteiger partial charge >= 0.3 is 6.09 Å². The summed E-state index contributed by atoms with van der Waals surface area (Å²) in [4.78, 5) is 49.7. The lowest BCUT2D eigenvalue weighted by molar-refractivity contribution is -0.138. The minimum Gasteiger partial charge on any atom is -0.436 e. The third kappa shape index (κ3) is 9.23. The Morgan fingerprint density at radius 3 is 2.21 bits per heavy atom. The van der Waals surface area contributed by atoms with Crippen LogP contribution in [0.25, 0.3) is 0 Å². The predicted octanol–water partition coefficient (Wildman–Crippen LogP) is 1.53. The average Bonchev–Trinajstić information content (AvgIpc) is 2.64. The van der Waals surface area contributed by atoms with Gasteiger partial charge in [0.25, 0.3) is 5.91 Å². The van der Waals surface area contributed by atoms with Crippen molar-refractivity contribution in [3.05, 3.63) is 35.9 Å². The highest BCUT2D eigenvalue weighted by molar-refractivity contribution is 5.92. The van der Waals surface area contributed by atoms with Crippen molar-refractivity contribution in [2.45, 2.75) is 45.8 Å². The molecule has 0 radical (unpaired) electrons. The van der Waals surface area contributed by atoms with Crippen LogP contribution in [-0.4, -0.2) is 61.4 Å². The van der Waals surface area contributed by atoms with Gasteiger partial charge in [0, 0.05) is 21.0 Å². The maximum absolute atomic E-state index is 12.5. The highest BCUT2D eigenvalue weighted by atomic mass is 16.6. The summed E-state index contributed by atoms with van der Waals surface area (Å²) in [5.74, 6) is -0.871. The highest BCUT2D eigenvalue weighted by Crippen LogP contribution is 2.11. The lowest BCUT2D eigenvalue weighted by Crippen LogP contribution is -2.47. The van der Waals surface area contributed by atoms with Crippen LogP contribution in [0.15, 0.2) is 30.3 Å². The molecule has 0 heterocycles. The fourth-order valence-electron chi connectivity index (χ4n) is 2.71. The molecule has 2 unspecified atom stereocenters. The Labute approximate surface area is 172 Å². The molecule has 0 spiro atoms. The van der Waals surface area contributed by atoms with Gasteiger partial charge in [-0.1, -0.05) is 44.2 Å². The number of alkyl carbamates (subject to hydrolysis) is 1. The smallest absolute Gasteiger partial charge is 0.408 e. The summed E-state index contributed by atoms with van der Waals surface area (Å²) in [6.45, 7) is 4.85. The number of nitrogens with one attached hydrogen (secondary N) is 2. The van der Waals surface area contributed by atoms with Gasteiger partial charge in [-0.15, -0.1) is 0 Å². The molecule has 0 fully saturated rings. The number of nitrogens with zero attached hydrogens (tertiary/aromatic N) is 1. The van der Waals surface area contributed by atoms with E-state index in [0.29, 0.717) is 12.8 Å². The molecule has 0 aliphatic carbocycles. The Bertz CT molecular complexity index is 704. The fraction of sp³-hybridized carbons (Fsp3) is 0.524. The van der Waals surface area contributed by atoms with Crippen LogP contribution >= 0.6 is 0 Å². The van der Waals surface area contributed by atoms with Crippen LogP contribution in [-0.2, 0) is 25.5 Å². The lowest BCUT2D eigenvalue weighted by Gasteiger charge is -2.22. The molecule has 0 bridgehead atoms. The van der Waals surface area contributed by atoms with Gasteiger partial charge in [-0.2, -0.15) is 0 Å². The number of Topliss-reactive ketones (excluding diaryl/α,β-unsaturated/α-hetero) is 1. The zero-order valence-electron chi connectivity index (χ0n) is 17.7. The van der Waals surface area contributed by atoms with Gasteiger partial charge < -0.3 is 20.3 Å². The number of rotatable bonds is 10. The van der Waals surface area contributed by atoms with Gasteiger partial charge in [0.2, 0.25) is 5.91 Å². The van der Waals surface area contributed by atoms with Gasteiger partial charge in [0.15, 0.2) is 11.9 Å². The Morgan fingerprint density at radius 2 is 1.69 bits per heavy atom. The number of ether oxygens (including phenoxy) is 1. The van der Waals surface area contributed by atoms with E-state index in [1.54, 1.807) is 14.1 Å². The second-order valence-electron chi connectivity index (χ2n) is 7.52. The van der Waals surface area contributed by atoms with Crippen molar-refractivity contribution < 1.29 is 23.9 Å². The number of carbonyl (C=O) groups excluding carboxylic acids is 4. The summed E-state index contributed by atoms with van der Waals surface area (Å²) in [6, 6.07) is 8.48. The number of benzene rings is 1. The summed E-state index contributed by atoms with van der Waals surface area (Å²) in [6.07, 6.45) is -1.08. The monoisotopic (exact) mass is 405 g/mol. The zero-order chi connectivity index (χ0) is 22.0. The van der Waals surface area contributed by atoms with Crippen molar-refractivity contribution in [2.24, 2.45) is 5.92 Å². The van der Waals surface area contributed by atoms with Gasteiger partial charge in [-0.3, -0.25) is 14.4 Å². The second kappa shape index (κ2) is 11.8. The van der Waals surface area contributed by atoms with E-state index in [4.69, 9.17) is 4.74 Å². The summed E-state index contributed by atoms with van der Waals surface area (Å²) in [5, 5.41) is 5.00. The quantitative estimate of drug-likeness (QED) is 0.614. The molecule has 8 heteroatoms. The maximum atomic E-state index is 12.5. The van der Waals surface area contributed by atoms with Gasteiger partial charge in [-0.05, 0) is 24.3 Å². The standard InChI is InChI=1S/C21H31N3O5/c1-14(2)11-19(20(27)24(4)5)29-21(28)22-13-18(26)17(23-15(3)25)12-16-9-7-6-8-10-16/h6-10,14,17,19H,11-13H2,1-5H3,(H,22,28)(H,23,25). The van der Waals surface area contributed by atoms with Crippen molar-refractivity contribution in [2.75, 3.05) is 20.6 Å². The number of likely N-dealkylation sites (N-methyl/N-ethyl adjacent to an activating group) is 1. The molecule has 2 atom stereocenters. The number of carbonyl (C=O) groups is 4. The first kappa shape index (κ1) is 24.1. The molecule has 0 aliphatic rings. The second-order valence-corrected chi connectivity index (χ2v) is 7.52. The van der Waals surface area contributed by atoms with Crippen LogP contribution in [0.2, 0.25) is 0 Å². The van der Waals surface area contributed by atoms with Crippen molar-refractivity contribution in [3.8, 4) is 0 Å². The third-order valence-corrected chi connectivity index (χ3v) is 4.11. The van der Waals surface area contributed by atoms with E-state index in [1.807, 2.05) is 44.2 Å². The van der Waals surface area contributed by atoms with Crippen LogP contribution in [0.3, 0.4) is 0 Å². The third-order valence-electron chi connectivity index (χ3n) is 4.11. The first-order valence-electron chi connectivity index (χ1n) is 9.59. The first-order chi connectivity index (χ1) is 13.6. The van der Waals surface area contributed by atoms with Crippen LogP contribution in [0.5, 0.6) is 0 Å². The van der Waals surface area contributed by atoms with E-state index < -0.39 is 18.2 Å². The van der Waals surface area contributed by atoms with Crippen LogP contribution < -0.4 is 10.6 Å². The normalized spacial score (nSPS) is 12.6. The summed E-state index contributed by atoms with van der Waals surface area (Å²) >= 11 is 0. The lowest BCUT2D eigenvalue weighted by atomic mass is 10.0. The van der Waals surface area contributed by atoms with E-state index in [-0.39, 0.29) is 30.1 Å². The molecular weight excluding hydrogens is 374 g/mol. The zero-order valence-corrected chi connectivity index (χ0v) is 17.7. The number of amides is 3. The molecule has 1 rings (SSSR count). The molecule has 2 N–H and O–H groups in total. The van der Waals surface area contributed by atoms with E-state index in [0.717, 1.165) is 5.56 Å². The SMILES string of the molecule is CC(=O)NC(Cc1ccccc1)C(=O)CNC(=O)OC(CC(C)C)C(=O)N(C)C. The van der Waals surface area contributed by atoms with Gasteiger partial charge in [0.1, 0.15) is 0 Å². The molecular formula is C21H31N3O5. The van der Waals surface area contributed by atoms with E-state index >= 15 is 0 Å². The maximum Gasteiger partial charge on any atom is 0.408 e. The summed E-state index contributed by atoms with van der Waals surface area (Å²) in [5.41, 5.74) is 0.885. The van der Waals surface area contributed by atoms with E-state index in [1.165, 1.54) is 11.8 Å². The molecule has 160 valence electrons. The fourth-order valence-corrected chi connectivity index (χ4v) is 2.71. The molecule has 0 aromatic heterocycles. The molecule has 29 heavy (non-hydrogen) atoms. The average molecular weight is 405 g/mol. The molecule has 1 aromatic rings. The molecule has 1 aromatic carbocycles. The topological polar surface area (TPSA) is 105 Å². The highest BCUT2D eigenvalue weighted by Gasteiger charge is 2.26. The molecule has 8 nitrogen and oxygen atoms in total. The number of ketones is 1. The molecule has 0 aliphatic heterocycles. The van der Waals surface area contributed by atoms with Crippen molar-refractivity contribution in [3.63, 3.8) is 0 Å². The Kier molecular flexibility index (Phi) is 9.85. The van der Waals surface area contributed by atoms with Crippen LogP contribution in [0, 0.1) is 5.92 Å². The van der Waals surface area contributed by atoms with Crippen molar-refractivity contribution in [1.29, 1.82) is 0 Å². The van der Waals surface area contributed by atoms with E-state index in [9.17, 15) is 19.2 Å². The summed E-state index contributed by atoms with van der Waals surface area (Å²) < 4.78 is 5.23. The molecule has 0 saturated heterocycles. The first-order valence-corrected chi connectivity index (χ1v) is 9.59. The Hall–Kier alpha value is -2.90. The van der Waals surface area contributed by atoms with Crippen LogP contribution in [0.1, 0.15) is 32.8 Å². The van der Waals surface area contributed by atoms with E-state index in [2.05, 4.69) is 10.6 Å². The molecule has 0 saturated carbocycles. The van der Waals surface area contributed by atoms with Crippen molar-refractivity contribution in [1.82, 2.24) is 15.5 Å². The summed E-state index contributed by atoms with van der Waals surface area (Å²) in [7, 11) is 3.17.